The molecule has 11 aromatic rings. The summed E-state index contributed by atoms with van der Waals surface area (Å²) < 4.78 is 2.42. The summed E-state index contributed by atoms with van der Waals surface area (Å²) >= 11 is 0. The Morgan fingerprint density at radius 2 is 0.676 bits per heavy atom. The zero-order valence-electron chi connectivity index (χ0n) is 38.8. The second-order valence-electron chi connectivity index (χ2n) is 19.8. The molecule has 2 nitrogen and oxygen atoms in total. The van der Waals surface area contributed by atoms with E-state index < -0.39 is 0 Å². The van der Waals surface area contributed by atoms with Crippen LogP contribution >= 0.6 is 0 Å². The van der Waals surface area contributed by atoms with Gasteiger partial charge in [0.15, 0.2) is 0 Å². The van der Waals surface area contributed by atoms with Gasteiger partial charge in [0.1, 0.15) is 0 Å². The first-order valence-electron chi connectivity index (χ1n) is 23.9. The van der Waals surface area contributed by atoms with Gasteiger partial charge >= 0.3 is 0 Å². The SMILES string of the molecule is CC1(C)c2ccccc2-c2ccc(-c3ccc4c(c3)c3cc(-c5ccc(N(c6ccc(-c7ccccc7)cc6)c6ccc7c(c6)C(C)(C)c6ccccc6-7)cc5)ccc3n4-c3ccccc3)cc21. The molecule has 68 heavy (non-hydrogen) atoms. The predicted molar refractivity (Wildman–Crippen MR) is 287 cm³/mol. The van der Waals surface area contributed by atoms with E-state index in [0.29, 0.717) is 0 Å². The van der Waals surface area contributed by atoms with Crippen molar-refractivity contribution in [2.75, 3.05) is 4.90 Å². The highest BCUT2D eigenvalue weighted by Crippen LogP contribution is 2.52. The van der Waals surface area contributed by atoms with Crippen LogP contribution in [-0.4, -0.2) is 4.57 Å². The van der Waals surface area contributed by atoms with Crippen LogP contribution in [0.2, 0.25) is 0 Å². The Labute approximate surface area is 399 Å². The van der Waals surface area contributed by atoms with E-state index in [0.717, 1.165) is 22.7 Å². The summed E-state index contributed by atoms with van der Waals surface area (Å²) in [6.07, 6.45) is 0. The summed E-state index contributed by atoms with van der Waals surface area (Å²) in [5.74, 6) is 0. The minimum Gasteiger partial charge on any atom is -0.310 e. The van der Waals surface area contributed by atoms with Crippen LogP contribution < -0.4 is 4.90 Å². The van der Waals surface area contributed by atoms with Gasteiger partial charge in [0, 0.05) is 44.4 Å². The summed E-state index contributed by atoms with van der Waals surface area (Å²) in [6.45, 7) is 9.44. The second-order valence-corrected chi connectivity index (χ2v) is 19.8. The summed E-state index contributed by atoms with van der Waals surface area (Å²) in [4.78, 5) is 2.41. The lowest BCUT2D eigenvalue weighted by molar-refractivity contribution is 0.660. The van der Waals surface area contributed by atoms with Crippen molar-refractivity contribution in [1.82, 2.24) is 4.57 Å². The summed E-state index contributed by atoms with van der Waals surface area (Å²) in [6, 6.07) is 85.5. The monoisotopic (exact) mass is 870 g/mol. The zero-order chi connectivity index (χ0) is 45.7. The molecular weight excluding hydrogens is 821 g/mol. The van der Waals surface area contributed by atoms with Crippen LogP contribution in [0.5, 0.6) is 0 Å². The number of aromatic nitrogens is 1. The van der Waals surface area contributed by atoms with E-state index in [9.17, 15) is 0 Å². The number of para-hydroxylation sites is 1. The highest BCUT2D eigenvalue weighted by Gasteiger charge is 2.37. The van der Waals surface area contributed by atoms with Gasteiger partial charge in [-0.2, -0.15) is 0 Å². The van der Waals surface area contributed by atoms with Crippen LogP contribution in [0.4, 0.5) is 17.1 Å². The van der Waals surface area contributed by atoms with Crippen LogP contribution in [0.3, 0.4) is 0 Å². The lowest BCUT2D eigenvalue weighted by Crippen LogP contribution is -2.16. The molecule has 1 heterocycles. The standard InChI is InChI=1S/C66H50N2/c1-65(2)59-21-13-11-19-53(59)55-35-27-48(41-61(55)65)47-29-38-64-58(40-47)57-39-46(28-37-63(57)68(64)49-17-9-6-10-18-49)45-25-32-51(33-26-45)67(50-30-23-44(24-31-50)43-15-7-5-8-16-43)52-34-36-56-54-20-12-14-22-60(54)66(3,4)62(56)42-52/h5-42H,1-4H3. The molecule has 0 N–H and O–H groups in total. The third-order valence-corrected chi connectivity index (χ3v) is 15.2. The van der Waals surface area contributed by atoms with E-state index in [4.69, 9.17) is 0 Å². The minimum atomic E-state index is -0.109. The van der Waals surface area contributed by atoms with Crippen molar-refractivity contribution in [2.24, 2.45) is 0 Å². The van der Waals surface area contributed by atoms with Gasteiger partial charge in [-0.15, -0.1) is 0 Å². The second kappa shape index (κ2) is 15.2. The van der Waals surface area contributed by atoms with Crippen molar-refractivity contribution in [1.29, 1.82) is 0 Å². The average Bonchev–Trinajstić information content (AvgIpc) is 3.93. The summed E-state index contributed by atoms with van der Waals surface area (Å²) in [7, 11) is 0. The van der Waals surface area contributed by atoms with Crippen LogP contribution in [0.15, 0.2) is 231 Å². The molecule has 0 aliphatic heterocycles. The Balaban J connectivity index is 0.912. The molecule has 1 aromatic heterocycles. The normalized spacial score (nSPS) is 13.8. The minimum absolute atomic E-state index is 0.0610. The van der Waals surface area contributed by atoms with E-state index in [1.165, 1.54) is 99.7 Å². The lowest BCUT2D eigenvalue weighted by atomic mass is 9.81. The molecule has 324 valence electrons. The molecule has 0 bridgehead atoms. The first kappa shape index (κ1) is 40.1. The predicted octanol–water partition coefficient (Wildman–Crippen LogP) is 17.9. The van der Waals surface area contributed by atoms with Gasteiger partial charge in [-0.1, -0.05) is 179 Å². The largest absolute Gasteiger partial charge is 0.310 e. The van der Waals surface area contributed by atoms with Gasteiger partial charge in [0.05, 0.1) is 11.0 Å². The molecule has 0 unspecified atom stereocenters. The van der Waals surface area contributed by atoms with E-state index in [2.05, 4.69) is 268 Å². The van der Waals surface area contributed by atoms with E-state index in [-0.39, 0.29) is 10.8 Å². The molecule has 0 atom stereocenters. The Morgan fingerprint density at radius 3 is 1.25 bits per heavy atom. The van der Waals surface area contributed by atoms with E-state index in [1.54, 1.807) is 0 Å². The molecule has 0 radical (unpaired) electrons. The van der Waals surface area contributed by atoms with E-state index in [1.807, 2.05) is 0 Å². The Hall–Kier alpha value is -8.20. The van der Waals surface area contributed by atoms with Crippen molar-refractivity contribution in [3.05, 3.63) is 253 Å². The third-order valence-electron chi connectivity index (χ3n) is 15.2. The van der Waals surface area contributed by atoms with Crippen molar-refractivity contribution in [2.45, 2.75) is 38.5 Å². The number of hydrogen-bond donors (Lipinski definition) is 0. The molecule has 0 fully saturated rings. The molecular formula is C66H50N2. The molecule has 2 heteroatoms. The topological polar surface area (TPSA) is 8.17 Å². The molecule has 2 aliphatic rings. The van der Waals surface area contributed by atoms with Crippen molar-refractivity contribution >= 4 is 38.9 Å². The van der Waals surface area contributed by atoms with Gasteiger partial charge in [0.25, 0.3) is 0 Å². The first-order valence-corrected chi connectivity index (χ1v) is 23.9. The molecule has 0 spiro atoms. The van der Waals surface area contributed by atoms with Gasteiger partial charge in [-0.3, -0.25) is 0 Å². The van der Waals surface area contributed by atoms with Gasteiger partial charge in [-0.25, -0.2) is 0 Å². The Kier molecular flexibility index (Phi) is 8.95. The zero-order valence-corrected chi connectivity index (χ0v) is 38.8. The average molecular weight is 871 g/mol. The molecule has 2 aliphatic carbocycles. The number of benzene rings is 10. The lowest BCUT2D eigenvalue weighted by Gasteiger charge is -2.28. The fourth-order valence-corrected chi connectivity index (χ4v) is 11.6. The maximum atomic E-state index is 2.43. The van der Waals surface area contributed by atoms with E-state index >= 15 is 0 Å². The van der Waals surface area contributed by atoms with Crippen LogP contribution in [0, 0.1) is 0 Å². The van der Waals surface area contributed by atoms with Crippen molar-refractivity contribution < 1.29 is 0 Å². The molecule has 0 saturated heterocycles. The maximum absolute atomic E-state index is 2.43. The number of hydrogen-bond acceptors (Lipinski definition) is 1. The van der Waals surface area contributed by atoms with Crippen LogP contribution in [-0.2, 0) is 10.8 Å². The van der Waals surface area contributed by atoms with Crippen LogP contribution in [0.1, 0.15) is 49.9 Å². The number of fused-ring (bicyclic) bond motifs is 9. The van der Waals surface area contributed by atoms with Gasteiger partial charge in [0.2, 0.25) is 0 Å². The smallest absolute Gasteiger partial charge is 0.0541 e. The molecule has 13 rings (SSSR count). The number of rotatable bonds is 7. The maximum Gasteiger partial charge on any atom is 0.0541 e. The van der Waals surface area contributed by atoms with Gasteiger partial charge < -0.3 is 9.47 Å². The third kappa shape index (κ3) is 6.17. The Morgan fingerprint density at radius 1 is 0.294 bits per heavy atom. The fourth-order valence-electron chi connectivity index (χ4n) is 11.6. The molecule has 0 saturated carbocycles. The summed E-state index contributed by atoms with van der Waals surface area (Å²) in [5, 5.41) is 2.48. The number of anilines is 3. The highest BCUT2D eigenvalue weighted by atomic mass is 15.1. The van der Waals surface area contributed by atoms with Crippen LogP contribution in [0.25, 0.3) is 83.1 Å². The quantitative estimate of drug-likeness (QED) is 0.155. The summed E-state index contributed by atoms with van der Waals surface area (Å²) in [5.41, 5.74) is 24.9. The molecule has 10 aromatic carbocycles. The first-order chi connectivity index (χ1) is 33.2. The number of nitrogens with zero attached hydrogens (tertiary/aromatic N) is 2. The fraction of sp³-hybridized carbons (Fsp3) is 0.0909. The van der Waals surface area contributed by atoms with Gasteiger partial charge in [-0.05, 0) is 157 Å². The Bertz CT molecular complexity index is 3760. The molecule has 0 amide bonds. The van der Waals surface area contributed by atoms with Crippen molar-refractivity contribution in [3.63, 3.8) is 0 Å². The van der Waals surface area contributed by atoms with Crippen molar-refractivity contribution in [3.8, 4) is 61.3 Å². The highest BCUT2D eigenvalue weighted by molar-refractivity contribution is 6.12.